The van der Waals surface area contributed by atoms with Crippen LogP contribution in [0.15, 0.2) is 42.7 Å². The van der Waals surface area contributed by atoms with Gasteiger partial charge in [-0.25, -0.2) is 0 Å². The monoisotopic (exact) mass is 286 g/mol. The minimum atomic E-state index is -0.539. The third-order valence-corrected chi connectivity index (χ3v) is 3.31. The van der Waals surface area contributed by atoms with E-state index in [2.05, 4.69) is 17.2 Å². The molecule has 1 heterocycles. The van der Waals surface area contributed by atoms with E-state index in [9.17, 15) is 5.11 Å². The summed E-state index contributed by atoms with van der Waals surface area (Å²) in [4.78, 5) is 4.10. The van der Waals surface area contributed by atoms with E-state index in [1.54, 1.807) is 6.20 Å². The van der Waals surface area contributed by atoms with Crippen LogP contribution in [0, 0.1) is 13.8 Å². The van der Waals surface area contributed by atoms with Crippen LogP contribution in [0.4, 0.5) is 0 Å². The lowest BCUT2D eigenvalue weighted by Crippen LogP contribution is -2.31. The largest absolute Gasteiger partial charge is 0.491 e. The lowest BCUT2D eigenvalue weighted by Gasteiger charge is -2.14. The maximum Gasteiger partial charge on any atom is 0.119 e. The smallest absolute Gasteiger partial charge is 0.119 e. The van der Waals surface area contributed by atoms with Crippen molar-refractivity contribution in [1.82, 2.24) is 10.3 Å². The van der Waals surface area contributed by atoms with Gasteiger partial charge in [0, 0.05) is 25.5 Å². The van der Waals surface area contributed by atoms with Gasteiger partial charge in [0.25, 0.3) is 0 Å². The fourth-order valence-corrected chi connectivity index (χ4v) is 1.94. The SMILES string of the molecule is Cc1ccc(OCC(O)CNCc2cnccc2C)cc1. The van der Waals surface area contributed by atoms with Crippen LogP contribution in [0.1, 0.15) is 16.7 Å². The molecule has 112 valence electrons. The van der Waals surface area contributed by atoms with Gasteiger partial charge < -0.3 is 15.2 Å². The van der Waals surface area contributed by atoms with Crippen LogP contribution in [0.25, 0.3) is 0 Å². The van der Waals surface area contributed by atoms with Crippen molar-refractivity contribution in [3.05, 3.63) is 59.4 Å². The van der Waals surface area contributed by atoms with Gasteiger partial charge in [-0.2, -0.15) is 0 Å². The lowest BCUT2D eigenvalue weighted by molar-refractivity contribution is 0.106. The number of nitrogens with zero attached hydrogens (tertiary/aromatic N) is 1. The summed E-state index contributed by atoms with van der Waals surface area (Å²) in [6, 6.07) is 9.78. The summed E-state index contributed by atoms with van der Waals surface area (Å²) < 4.78 is 5.55. The maximum absolute atomic E-state index is 9.91. The molecule has 2 N–H and O–H groups in total. The molecular weight excluding hydrogens is 264 g/mol. The molecule has 1 aromatic heterocycles. The van der Waals surface area contributed by atoms with Crippen molar-refractivity contribution in [1.29, 1.82) is 0 Å². The Morgan fingerprint density at radius 3 is 2.67 bits per heavy atom. The Balaban J connectivity index is 1.69. The molecule has 0 spiro atoms. The summed E-state index contributed by atoms with van der Waals surface area (Å²) in [7, 11) is 0. The van der Waals surface area contributed by atoms with Crippen molar-refractivity contribution in [2.45, 2.75) is 26.5 Å². The van der Waals surface area contributed by atoms with E-state index in [-0.39, 0.29) is 6.61 Å². The molecule has 21 heavy (non-hydrogen) atoms. The van der Waals surface area contributed by atoms with E-state index in [1.807, 2.05) is 43.5 Å². The van der Waals surface area contributed by atoms with Crippen LogP contribution in [0.5, 0.6) is 5.75 Å². The van der Waals surface area contributed by atoms with Gasteiger partial charge in [0.05, 0.1) is 0 Å². The third-order valence-electron chi connectivity index (χ3n) is 3.31. The number of pyridine rings is 1. The molecule has 0 saturated heterocycles. The van der Waals surface area contributed by atoms with Gasteiger partial charge in [0.15, 0.2) is 0 Å². The molecule has 4 heteroatoms. The molecule has 0 aliphatic rings. The van der Waals surface area contributed by atoms with Crippen molar-refractivity contribution in [2.75, 3.05) is 13.2 Å². The zero-order valence-electron chi connectivity index (χ0n) is 12.5. The average molecular weight is 286 g/mol. The summed E-state index contributed by atoms with van der Waals surface area (Å²) in [6.07, 6.45) is 3.09. The average Bonchev–Trinajstić information content (AvgIpc) is 2.49. The number of rotatable bonds is 7. The van der Waals surface area contributed by atoms with Crippen LogP contribution in [-0.2, 0) is 6.54 Å². The zero-order chi connectivity index (χ0) is 15.1. The number of nitrogens with one attached hydrogen (secondary N) is 1. The molecule has 0 saturated carbocycles. The van der Waals surface area contributed by atoms with Crippen LogP contribution in [0.3, 0.4) is 0 Å². The molecule has 0 fully saturated rings. The second kappa shape index (κ2) is 7.76. The highest BCUT2D eigenvalue weighted by atomic mass is 16.5. The van der Waals surface area contributed by atoms with Gasteiger partial charge in [-0.05, 0) is 43.2 Å². The first-order valence-corrected chi connectivity index (χ1v) is 7.13. The van der Waals surface area contributed by atoms with E-state index < -0.39 is 6.10 Å². The van der Waals surface area contributed by atoms with Crippen molar-refractivity contribution >= 4 is 0 Å². The molecule has 0 aliphatic carbocycles. The van der Waals surface area contributed by atoms with Gasteiger partial charge in [-0.3, -0.25) is 4.98 Å². The first-order chi connectivity index (χ1) is 10.1. The van der Waals surface area contributed by atoms with Crippen molar-refractivity contribution < 1.29 is 9.84 Å². The topological polar surface area (TPSA) is 54.4 Å². The minimum absolute atomic E-state index is 0.280. The molecule has 0 bridgehead atoms. The van der Waals surface area contributed by atoms with Crippen LogP contribution in [0.2, 0.25) is 0 Å². The molecule has 4 nitrogen and oxygen atoms in total. The molecule has 1 atom stereocenters. The number of hydrogen-bond donors (Lipinski definition) is 2. The summed E-state index contributed by atoms with van der Waals surface area (Å²) in [5.74, 6) is 0.780. The van der Waals surface area contributed by atoms with E-state index in [0.29, 0.717) is 13.1 Å². The highest BCUT2D eigenvalue weighted by molar-refractivity contribution is 5.26. The maximum atomic E-state index is 9.91. The van der Waals surface area contributed by atoms with Gasteiger partial charge in [-0.15, -0.1) is 0 Å². The number of aliphatic hydroxyl groups excluding tert-OH is 1. The molecule has 0 amide bonds. The third kappa shape index (κ3) is 5.17. The van der Waals surface area contributed by atoms with Gasteiger partial charge in [0.2, 0.25) is 0 Å². The van der Waals surface area contributed by atoms with E-state index in [4.69, 9.17) is 4.74 Å². The quantitative estimate of drug-likeness (QED) is 0.819. The molecule has 1 aromatic carbocycles. The van der Waals surface area contributed by atoms with Crippen molar-refractivity contribution in [3.8, 4) is 5.75 Å². The van der Waals surface area contributed by atoms with Gasteiger partial charge >= 0.3 is 0 Å². The molecule has 1 unspecified atom stereocenters. The summed E-state index contributed by atoms with van der Waals surface area (Å²) >= 11 is 0. The number of ether oxygens (including phenoxy) is 1. The molecular formula is C17H22N2O2. The van der Waals surface area contributed by atoms with E-state index >= 15 is 0 Å². The van der Waals surface area contributed by atoms with E-state index in [1.165, 1.54) is 11.1 Å². The Morgan fingerprint density at radius 1 is 1.19 bits per heavy atom. The van der Waals surface area contributed by atoms with Crippen LogP contribution in [-0.4, -0.2) is 29.3 Å². The standard InChI is InChI=1S/C17H22N2O2/c1-13-3-5-17(6-4-13)21-12-16(20)11-19-10-15-9-18-8-7-14(15)2/h3-9,16,19-20H,10-12H2,1-2H3. The predicted octanol–water partition coefficient (Wildman–Crippen LogP) is 2.23. The second-order valence-corrected chi connectivity index (χ2v) is 5.21. The highest BCUT2D eigenvalue weighted by Crippen LogP contribution is 2.11. The first kappa shape index (κ1) is 15.5. The molecule has 0 aliphatic heterocycles. The van der Waals surface area contributed by atoms with Gasteiger partial charge in [-0.1, -0.05) is 17.7 Å². The molecule has 2 rings (SSSR count). The summed E-state index contributed by atoms with van der Waals surface area (Å²) in [5, 5.41) is 13.1. The fourth-order valence-electron chi connectivity index (χ4n) is 1.94. The second-order valence-electron chi connectivity index (χ2n) is 5.21. The highest BCUT2D eigenvalue weighted by Gasteiger charge is 2.05. The van der Waals surface area contributed by atoms with Crippen molar-refractivity contribution in [3.63, 3.8) is 0 Å². The first-order valence-electron chi connectivity index (χ1n) is 7.13. The normalized spacial score (nSPS) is 12.1. The Bertz CT molecular complexity index is 555. The van der Waals surface area contributed by atoms with Crippen LogP contribution >= 0.6 is 0 Å². The number of aryl methyl sites for hydroxylation is 2. The predicted molar refractivity (Wildman–Crippen MR) is 83.4 cm³/mol. The Hall–Kier alpha value is -1.91. The molecule has 0 radical (unpaired) electrons. The van der Waals surface area contributed by atoms with Crippen LogP contribution < -0.4 is 10.1 Å². The minimum Gasteiger partial charge on any atom is -0.491 e. The Morgan fingerprint density at radius 2 is 1.95 bits per heavy atom. The molecule has 2 aromatic rings. The summed E-state index contributed by atoms with van der Waals surface area (Å²) in [6.45, 7) is 5.54. The number of benzene rings is 1. The van der Waals surface area contributed by atoms with E-state index in [0.717, 1.165) is 11.3 Å². The number of aliphatic hydroxyl groups is 1. The zero-order valence-corrected chi connectivity index (χ0v) is 12.5. The Labute approximate surface area is 125 Å². The van der Waals surface area contributed by atoms with Crippen molar-refractivity contribution in [2.24, 2.45) is 0 Å². The summed E-state index contributed by atoms with van der Waals surface area (Å²) in [5.41, 5.74) is 3.53. The Kier molecular flexibility index (Phi) is 5.72. The number of aromatic nitrogens is 1. The number of hydrogen-bond acceptors (Lipinski definition) is 4. The lowest BCUT2D eigenvalue weighted by atomic mass is 10.1. The fraction of sp³-hybridized carbons (Fsp3) is 0.353. The van der Waals surface area contributed by atoms with Gasteiger partial charge in [0.1, 0.15) is 18.5 Å².